The molecule has 0 radical (unpaired) electrons. The molecule has 0 heterocycles. The molecule has 0 aromatic heterocycles. The normalized spacial score (nSPS) is 39.8. The van der Waals surface area contributed by atoms with Gasteiger partial charge in [-0.15, -0.1) is 0 Å². The molecule has 3 aliphatic rings. The van der Waals surface area contributed by atoms with Crippen LogP contribution in [0.1, 0.15) is 79.6 Å². The standard InChI is InChI=1S/C28H44O2/c1-18(2)19(3)9-10-20(4)25-13-14-26-22(8-7-15-28(25,26)6)11-12-23-16-24(29)17-27(30)21(23)5/h9-12,18-20,24-27,29-30H,5,7-8,13-17H2,1-4,6H3/b10-9+,22-11+,23-12+/t19-,20-,24+,25+,26-,27-,28+/m0/s1. The van der Waals surface area contributed by atoms with Gasteiger partial charge >= 0.3 is 0 Å². The summed E-state index contributed by atoms with van der Waals surface area (Å²) in [4.78, 5) is 0. The lowest BCUT2D eigenvalue weighted by Gasteiger charge is -2.44. The molecule has 0 unspecified atom stereocenters. The van der Waals surface area contributed by atoms with E-state index in [2.05, 4.69) is 65.5 Å². The molecule has 0 aromatic rings. The third kappa shape index (κ3) is 4.86. The molecule has 0 aromatic carbocycles. The lowest BCUT2D eigenvalue weighted by Crippen LogP contribution is -2.35. The zero-order valence-electron chi connectivity index (χ0n) is 19.9. The molecule has 3 fully saturated rings. The number of aliphatic hydroxyl groups is 2. The minimum absolute atomic E-state index is 0.385. The van der Waals surface area contributed by atoms with Crippen molar-refractivity contribution in [1.82, 2.24) is 0 Å². The smallest absolute Gasteiger partial charge is 0.0811 e. The van der Waals surface area contributed by atoms with Crippen molar-refractivity contribution in [3.63, 3.8) is 0 Å². The van der Waals surface area contributed by atoms with E-state index in [0.29, 0.717) is 41.9 Å². The van der Waals surface area contributed by atoms with Crippen molar-refractivity contribution in [1.29, 1.82) is 0 Å². The van der Waals surface area contributed by atoms with Crippen molar-refractivity contribution >= 4 is 0 Å². The number of fused-ring (bicyclic) bond motifs is 1. The summed E-state index contributed by atoms with van der Waals surface area (Å²) in [6.07, 6.45) is 15.8. The maximum absolute atomic E-state index is 10.1. The summed E-state index contributed by atoms with van der Waals surface area (Å²) in [5, 5.41) is 20.2. The number of aliphatic hydroxyl groups excluding tert-OH is 2. The topological polar surface area (TPSA) is 40.5 Å². The SMILES string of the molecule is C=C1/C(=C/C=C2\CCC[C@]3(C)[C@@H]([C@@H](C)/C=C/[C@H](C)C(C)C)CC[C@@H]23)C[C@@H](O)C[C@@H]1O. The van der Waals surface area contributed by atoms with Gasteiger partial charge in [-0.2, -0.15) is 0 Å². The van der Waals surface area contributed by atoms with Gasteiger partial charge in [0, 0.05) is 6.42 Å². The Balaban J connectivity index is 1.76. The highest BCUT2D eigenvalue weighted by atomic mass is 16.3. The molecule has 3 rings (SSSR count). The van der Waals surface area contributed by atoms with E-state index in [9.17, 15) is 10.2 Å². The molecule has 2 nitrogen and oxygen atoms in total. The fourth-order valence-electron chi connectivity index (χ4n) is 6.32. The zero-order chi connectivity index (χ0) is 22.1. The average Bonchev–Trinajstić information content (AvgIpc) is 3.04. The van der Waals surface area contributed by atoms with Gasteiger partial charge in [0.1, 0.15) is 0 Å². The highest BCUT2D eigenvalue weighted by molar-refractivity contribution is 5.38. The van der Waals surface area contributed by atoms with Crippen molar-refractivity contribution < 1.29 is 10.2 Å². The number of hydrogen-bond acceptors (Lipinski definition) is 2. The maximum Gasteiger partial charge on any atom is 0.0811 e. The summed E-state index contributed by atoms with van der Waals surface area (Å²) in [5.41, 5.74) is 3.77. The Kier molecular flexibility index (Phi) is 7.51. The lowest BCUT2D eigenvalue weighted by molar-refractivity contribution is 0.0862. The quantitative estimate of drug-likeness (QED) is 0.499. The molecular formula is C28H44O2. The Labute approximate surface area is 184 Å². The number of hydrogen-bond donors (Lipinski definition) is 2. The van der Waals surface area contributed by atoms with E-state index in [1.165, 1.54) is 32.1 Å². The monoisotopic (exact) mass is 412 g/mol. The third-order valence-electron chi connectivity index (χ3n) is 8.71. The molecule has 0 bridgehead atoms. The molecule has 3 saturated carbocycles. The zero-order valence-corrected chi connectivity index (χ0v) is 19.9. The minimum Gasteiger partial charge on any atom is -0.393 e. The first-order valence-corrected chi connectivity index (χ1v) is 12.3. The van der Waals surface area contributed by atoms with Gasteiger partial charge in [-0.25, -0.2) is 0 Å². The van der Waals surface area contributed by atoms with E-state index in [1.54, 1.807) is 5.57 Å². The molecule has 3 aliphatic carbocycles. The molecule has 2 N–H and O–H groups in total. The summed E-state index contributed by atoms with van der Waals surface area (Å²) >= 11 is 0. The van der Waals surface area contributed by atoms with Gasteiger partial charge in [-0.1, -0.05) is 71.1 Å². The van der Waals surface area contributed by atoms with E-state index in [0.717, 1.165) is 17.1 Å². The van der Waals surface area contributed by atoms with Crippen LogP contribution in [0.15, 0.2) is 47.6 Å². The average molecular weight is 413 g/mol. The molecule has 0 spiro atoms. The van der Waals surface area contributed by atoms with Crippen LogP contribution in [0.3, 0.4) is 0 Å². The van der Waals surface area contributed by atoms with Crippen LogP contribution < -0.4 is 0 Å². The van der Waals surface area contributed by atoms with Crippen molar-refractivity contribution in [3.8, 4) is 0 Å². The second kappa shape index (κ2) is 9.57. The molecule has 168 valence electrons. The van der Waals surface area contributed by atoms with Gasteiger partial charge in [0.2, 0.25) is 0 Å². The van der Waals surface area contributed by atoms with Crippen molar-refractivity contribution in [2.45, 2.75) is 91.8 Å². The van der Waals surface area contributed by atoms with Crippen molar-refractivity contribution in [2.24, 2.45) is 35.0 Å². The van der Waals surface area contributed by atoms with Gasteiger partial charge in [0.15, 0.2) is 0 Å². The Hall–Kier alpha value is -1.12. The minimum atomic E-state index is -0.605. The van der Waals surface area contributed by atoms with Crippen LogP contribution in [0, 0.1) is 35.0 Å². The van der Waals surface area contributed by atoms with Gasteiger partial charge in [0.05, 0.1) is 12.2 Å². The Morgan fingerprint density at radius 2 is 1.80 bits per heavy atom. The van der Waals surface area contributed by atoms with Gasteiger partial charge in [-0.3, -0.25) is 0 Å². The van der Waals surface area contributed by atoms with Crippen LogP contribution in [-0.4, -0.2) is 22.4 Å². The van der Waals surface area contributed by atoms with E-state index >= 15 is 0 Å². The van der Waals surface area contributed by atoms with Gasteiger partial charge < -0.3 is 10.2 Å². The van der Waals surface area contributed by atoms with Crippen molar-refractivity contribution in [2.75, 3.05) is 0 Å². The lowest BCUT2D eigenvalue weighted by atomic mass is 9.61. The van der Waals surface area contributed by atoms with E-state index in [4.69, 9.17) is 0 Å². The first kappa shape index (κ1) is 23.5. The predicted octanol–water partition coefficient (Wildman–Crippen LogP) is 6.61. The highest BCUT2D eigenvalue weighted by Crippen LogP contribution is 2.59. The van der Waals surface area contributed by atoms with Crippen LogP contribution in [0.4, 0.5) is 0 Å². The molecule has 7 atom stereocenters. The summed E-state index contributed by atoms with van der Waals surface area (Å²) in [7, 11) is 0. The summed E-state index contributed by atoms with van der Waals surface area (Å²) in [5.74, 6) is 3.38. The molecule has 30 heavy (non-hydrogen) atoms. The summed E-state index contributed by atoms with van der Waals surface area (Å²) < 4.78 is 0. The Morgan fingerprint density at radius 3 is 2.50 bits per heavy atom. The second-order valence-electron chi connectivity index (χ2n) is 11.0. The van der Waals surface area contributed by atoms with E-state index < -0.39 is 12.2 Å². The molecule has 2 heteroatoms. The van der Waals surface area contributed by atoms with Crippen LogP contribution >= 0.6 is 0 Å². The summed E-state index contributed by atoms with van der Waals surface area (Å²) in [6.45, 7) is 16.0. The first-order valence-electron chi connectivity index (χ1n) is 12.3. The molecule has 0 amide bonds. The summed E-state index contributed by atoms with van der Waals surface area (Å²) in [6, 6.07) is 0. The van der Waals surface area contributed by atoms with Gasteiger partial charge in [0.25, 0.3) is 0 Å². The Bertz CT molecular complexity index is 712. The van der Waals surface area contributed by atoms with E-state index in [1.807, 2.05) is 0 Å². The van der Waals surface area contributed by atoms with Gasteiger partial charge in [-0.05, 0) is 84.7 Å². The third-order valence-corrected chi connectivity index (χ3v) is 8.71. The number of allylic oxidation sites excluding steroid dienone is 5. The first-order chi connectivity index (χ1) is 14.1. The Morgan fingerprint density at radius 1 is 1.07 bits per heavy atom. The molecular weight excluding hydrogens is 368 g/mol. The van der Waals surface area contributed by atoms with Crippen LogP contribution in [0.25, 0.3) is 0 Å². The fourth-order valence-corrected chi connectivity index (χ4v) is 6.32. The van der Waals surface area contributed by atoms with Crippen LogP contribution in [-0.2, 0) is 0 Å². The molecule has 0 aliphatic heterocycles. The second-order valence-corrected chi connectivity index (χ2v) is 11.0. The highest BCUT2D eigenvalue weighted by Gasteiger charge is 2.50. The largest absolute Gasteiger partial charge is 0.393 e. The molecule has 0 saturated heterocycles. The maximum atomic E-state index is 10.1. The van der Waals surface area contributed by atoms with E-state index in [-0.39, 0.29) is 0 Å². The van der Waals surface area contributed by atoms with Crippen LogP contribution in [0.2, 0.25) is 0 Å². The van der Waals surface area contributed by atoms with Crippen LogP contribution in [0.5, 0.6) is 0 Å². The fraction of sp³-hybridized carbons (Fsp3) is 0.714. The predicted molar refractivity (Wildman–Crippen MR) is 127 cm³/mol. The van der Waals surface area contributed by atoms with Crippen molar-refractivity contribution in [3.05, 3.63) is 47.6 Å². The number of rotatable bonds is 5.